The van der Waals surface area contributed by atoms with Crippen LogP contribution in [0.4, 0.5) is 18.0 Å². The molecular weight excluding hydrogens is 291 g/mol. The summed E-state index contributed by atoms with van der Waals surface area (Å²) in [6.07, 6.45) is -3.26. The summed E-state index contributed by atoms with van der Waals surface area (Å²) in [5, 5.41) is 12.5. The third-order valence-corrected chi connectivity index (χ3v) is 3.76. The molecule has 2 atom stereocenters. The molecule has 1 rings (SSSR count). The minimum absolute atomic E-state index is 0.0720. The largest absolute Gasteiger partial charge is 0.479 e. The summed E-state index contributed by atoms with van der Waals surface area (Å²) in [7, 11) is 0. The fraction of sp³-hybridized carbons (Fsp3) is 0.833. The summed E-state index contributed by atoms with van der Waals surface area (Å²) in [6.45, 7) is 4.25. The van der Waals surface area contributed by atoms with Crippen LogP contribution in [-0.2, 0) is 4.79 Å². The predicted octanol–water partition coefficient (Wildman–Crippen LogP) is 1.18. The van der Waals surface area contributed by atoms with E-state index in [1.165, 1.54) is 5.32 Å². The first-order valence-electron chi connectivity index (χ1n) is 6.72. The Morgan fingerprint density at radius 2 is 2.00 bits per heavy atom. The molecule has 3 N–H and O–H groups in total. The Kier molecular flexibility index (Phi) is 5.43. The van der Waals surface area contributed by atoms with Crippen LogP contribution in [0.2, 0.25) is 0 Å². The number of aliphatic carboxylic acids is 1. The zero-order valence-electron chi connectivity index (χ0n) is 12.0. The Bertz CT molecular complexity index is 403. The highest BCUT2D eigenvalue weighted by molar-refractivity contribution is 5.86. The molecule has 2 unspecified atom stereocenters. The van der Waals surface area contributed by atoms with Crippen LogP contribution in [0.25, 0.3) is 0 Å². The molecule has 21 heavy (non-hydrogen) atoms. The van der Waals surface area contributed by atoms with E-state index in [4.69, 9.17) is 5.11 Å². The smallest absolute Gasteiger partial charge is 0.422 e. The molecule has 1 aliphatic heterocycles. The van der Waals surface area contributed by atoms with Crippen LogP contribution in [0.3, 0.4) is 0 Å². The van der Waals surface area contributed by atoms with Crippen LogP contribution >= 0.6 is 0 Å². The Labute approximate surface area is 120 Å². The lowest BCUT2D eigenvalue weighted by Gasteiger charge is -2.29. The molecular formula is C12H20F3N3O3. The fourth-order valence-electron chi connectivity index (χ4n) is 2.27. The van der Waals surface area contributed by atoms with E-state index in [-0.39, 0.29) is 12.6 Å². The maximum Gasteiger partial charge on any atom is 0.422 e. The second kappa shape index (κ2) is 6.50. The van der Waals surface area contributed by atoms with Gasteiger partial charge in [0.25, 0.3) is 0 Å². The summed E-state index contributed by atoms with van der Waals surface area (Å²) >= 11 is 0. The first-order valence-corrected chi connectivity index (χ1v) is 6.72. The van der Waals surface area contributed by atoms with Crippen molar-refractivity contribution < 1.29 is 27.9 Å². The van der Waals surface area contributed by atoms with Gasteiger partial charge in [-0.05, 0) is 32.9 Å². The molecule has 1 fully saturated rings. The monoisotopic (exact) mass is 311 g/mol. The van der Waals surface area contributed by atoms with Crippen LogP contribution < -0.4 is 10.6 Å². The highest BCUT2D eigenvalue weighted by Gasteiger charge is 2.58. The van der Waals surface area contributed by atoms with Gasteiger partial charge in [-0.3, -0.25) is 4.90 Å². The molecule has 0 aliphatic carbocycles. The lowest BCUT2D eigenvalue weighted by atomic mass is 10.0. The average Bonchev–Trinajstić information content (AvgIpc) is 2.81. The predicted molar refractivity (Wildman–Crippen MR) is 68.9 cm³/mol. The van der Waals surface area contributed by atoms with E-state index in [1.807, 2.05) is 6.92 Å². The number of halogens is 3. The third-order valence-electron chi connectivity index (χ3n) is 3.76. The standard InChI is InChI=1S/C12H20F3N3O3/c1-3-18-6-4-5-8(18)7-16-10(21)17-11(2,9(19)20)12(13,14)15/h8H,3-7H2,1-2H3,(H,19,20)(H2,16,17,21). The minimum Gasteiger partial charge on any atom is -0.479 e. The molecule has 1 heterocycles. The first kappa shape index (κ1) is 17.5. The van der Waals surface area contributed by atoms with Crippen molar-refractivity contribution in [3.05, 3.63) is 0 Å². The van der Waals surface area contributed by atoms with Gasteiger partial charge in [-0.25, -0.2) is 9.59 Å². The molecule has 9 heteroatoms. The summed E-state index contributed by atoms with van der Waals surface area (Å²) < 4.78 is 38.2. The number of carbonyl (C=O) groups is 2. The van der Waals surface area contributed by atoms with E-state index >= 15 is 0 Å². The molecule has 0 radical (unpaired) electrons. The summed E-state index contributed by atoms with van der Waals surface area (Å²) in [5.41, 5.74) is -3.31. The van der Waals surface area contributed by atoms with Gasteiger partial charge in [0.05, 0.1) is 0 Å². The highest BCUT2D eigenvalue weighted by Crippen LogP contribution is 2.30. The molecule has 1 aliphatic rings. The average molecular weight is 311 g/mol. The number of nitrogens with one attached hydrogen (secondary N) is 2. The summed E-state index contributed by atoms with van der Waals surface area (Å²) in [6, 6.07) is -1.07. The van der Waals surface area contributed by atoms with E-state index in [1.54, 1.807) is 0 Å². The SMILES string of the molecule is CCN1CCCC1CNC(=O)NC(C)(C(=O)O)C(F)(F)F. The van der Waals surface area contributed by atoms with Gasteiger partial charge in [0.2, 0.25) is 5.54 Å². The van der Waals surface area contributed by atoms with E-state index in [0.29, 0.717) is 6.92 Å². The van der Waals surface area contributed by atoms with Crippen LogP contribution in [0.1, 0.15) is 26.7 Å². The topological polar surface area (TPSA) is 81.7 Å². The van der Waals surface area contributed by atoms with E-state index < -0.39 is 23.7 Å². The molecule has 0 aromatic rings. The van der Waals surface area contributed by atoms with E-state index in [0.717, 1.165) is 25.9 Å². The quantitative estimate of drug-likeness (QED) is 0.712. The number of carboxylic acids is 1. The molecule has 122 valence electrons. The number of amides is 2. The molecule has 0 saturated carbocycles. The van der Waals surface area contributed by atoms with Crippen molar-refractivity contribution in [2.24, 2.45) is 0 Å². The number of alkyl halides is 3. The number of rotatable bonds is 5. The van der Waals surface area contributed by atoms with E-state index in [9.17, 15) is 22.8 Å². The number of carbonyl (C=O) groups excluding carboxylic acids is 1. The van der Waals surface area contributed by atoms with Gasteiger partial charge >= 0.3 is 18.2 Å². The van der Waals surface area contributed by atoms with Gasteiger partial charge in [0, 0.05) is 12.6 Å². The Balaban J connectivity index is 2.58. The van der Waals surface area contributed by atoms with Crippen LogP contribution in [0, 0.1) is 0 Å². The molecule has 1 saturated heterocycles. The normalized spacial score (nSPS) is 22.6. The molecule has 0 aromatic carbocycles. The third kappa shape index (κ3) is 3.99. The van der Waals surface area contributed by atoms with Crippen molar-refractivity contribution in [2.75, 3.05) is 19.6 Å². The van der Waals surface area contributed by atoms with Crippen LogP contribution in [0.5, 0.6) is 0 Å². The molecule has 0 spiro atoms. The van der Waals surface area contributed by atoms with Gasteiger partial charge in [0.1, 0.15) is 0 Å². The van der Waals surface area contributed by atoms with Crippen molar-refractivity contribution in [2.45, 2.75) is 44.4 Å². The number of urea groups is 1. The number of likely N-dealkylation sites (N-methyl/N-ethyl adjacent to an activating group) is 1. The maximum atomic E-state index is 12.7. The van der Waals surface area contributed by atoms with Gasteiger partial charge in [-0.2, -0.15) is 13.2 Å². The minimum atomic E-state index is -5.08. The fourth-order valence-corrected chi connectivity index (χ4v) is 2.27. The number of likely N-dealkylation sites (tertiary alicyclic amines) is 1. The second-order valence-corrected chi connectivity index (χ2v) is 5.19. The zero-order valence-corrected chi connectivity index (χ0v) is 12.0. The Hall–Kier alpha value is -1.51. The zero-order chi connectivity index (χ0) is 16.3. The number of carboxylic acid groups (broad SMARTS) is 1. The first-order chi connectivity index (χ1) is 9.61. The van der Waals surface area contributed by atoms with Gasteiger partial charge in [-0.15, -0.1) is 0 Å². The van der Waals surface area contributed by atoms with Crippen LogP contribution in [0.15, 0.2) is 0 Å². The molecule has 6 nitrogen and oxygen atoms in total. The summed E-state index contributed by atoms with van der Waals surface area (Å²) in [5.74, 6) is -2.15. The molecule has 2 amide bonds. The number of hydrogen-bond donors (Lipinski definition) is 3. The second-order valence-electron chi connectivity index (χ2n) is 5.19. The van der Waals surface area contributed by atoms with Crippen LogP contribution in [-0.4, -0.2) is 59.4 Å². The molecule has 0 bridgehead atoms. The van der Waals surface area contributed by atoms with Gasteiger partial charge in [0.15, 0.2) is 0 Å². The number of hydrogen-bond acceptors (Lipinski definition) is 3. The van der Waals surface area contributed by atoms with Crippen molar-refractivity contribution in [3.63, 3.8) is 0 Å². The maximum absolute atomic E-state index is 12.7. The summed E-state index contributed by atoms with van der Waals surface area (Å²) in [4.78, 5) is 24.5. The van der Waals surface area contributed by atoms with Gasteiger partial charge < -0.3 is 15.7 Å². The van der Waals surface area contributed by atoms with Crippen molar-refractivity contribution in [1.82, 2.24) is 15.5 Å². The highest BCUT2D eigenvalue weighted by atomic mass is 19.4. The Morgan fingerprint density at radius 1 is 1.38 bits per heavy atom. The van der Waals surface area contributed by atoms with Crippen molar-refractivity contribution in [1.29, 1.82) is 0 Å². The Morgan fingerprint density at radius 3 is 2.48 bits per heavy atom. The van der Waals surface area contributed by atoms with E-state index in [2.05, 4.69) is 10.2 Å². The lowest BCUT2D eigenvalue weighted by Crippen LogP contribution is -2.64. The lowest BCUT2D eigenvalue weighted by molar-refractivity contribution is -0.203. The van der Waals surface area contributed by atoms with Crippen molar-refractivity contribution >= 4 is 12.0 Å². The molecule has 0 aromatic heterocycles. The van der Waals surface area contributed by atoms with Crippen molar-refractivity contribution in [3.8, 4) is 0 Å². The number of nitrogens with zero attached hydrogens (tertiary/aromatic N) is 1. The van der Waals surface area contributed by atoms with Gasteiger partial charge in [-0.1, -0.05) is 6.92 Å².